The molecule has 4 rings (SSSR count). The topological polar surface area (TPSA) is 134 Å². The van der Waals surface area contributed by atoms with E-state index < -0.39 is 0 Å². The van der Waals surface area contributed by atoms with Crippen LogP contribution in [0.2, 0.25) is 0 Å². The van der Waals surface area contributed by atoms with E-state index in [9.17, 15) is 0 Å². The standard InChI is InChI=1S/C10H11N.3C9H10N2.8C2H6/c1-8(2)10-5-3-4-9(6-10)7-11;1-7(2)9-3-8(4-10)5-11-6-9;1-7(2)9-5-8(6-10)3-4-11-9;1-7(2)9-5-3-4-8(6-10)11-9;8*1-2/h3-6,8H,1-2H3;3,5-7H,1-2H3;2*3-5,7H,1-2H3;8*1-2H3. The molecule has 1 aromatic carbocycles. The number of rotatable bonds is 4. The molecule has 3 aromatic heterocycles. The molecule has 7 heteroatoms. The summed E-state index contributed by atoms with van der Waals surface area (Å²) in [6.45, 7) is 48.6. The number of benzene rings is 1. The van der Waals surface area contributed by atoms with E-state index in [-0.39, 0.29) is 0 Å². The van der Waals surface area contributed by atoms with Crippen molar-refractivity contribution in [3.8, 4) is 24.3 Å². The van der Waals surface area contributed by atoms with Gasteiger partial charge in [-0.1, -0.05) is 184 Å². The van der Waals surface area contributed by atoms with Crippen molar-refractivity contribution in [2.75, 3.05) is 0 Å². The van der Waals surface area contributed by atoms with Gasteiger partial charge in [-0.05, 0) is 77.3 Å². The van der Waals surface area contributed by atoms with Gasteiger partial charge < -0.3 is 0 Å². The summed E-state index contributed by atoms with van der Waals surface area (Å²) in [6.07, 6.45) is 5.05. The number of hydrogen-bond donors (Lipinski definition) is 0. The van der Waals surface area contributed by atoms with Crippen LogP contribution in [0.25, 0.3) is 0 Å². The van der Waals surface area contributed by atoms with Crippen molar-refractivity contribution >= 4 is 0 Å². The van der Waals surface area contributed by atoms with Crippen LogP contribution < -0.4 is 0 Å². The monoisotopic (exact) mass is 824 g/mol. The summed E-state index contributed by atoms with van der Waals surface area (Å²) >= 11 is 0. The Labute approximate surface area is 373 Å². The van der Waals surface area contributed by atoms with Crippen molar-refractivity contribution in [1.29, 1.82) is 21.0 Å². The molecule has 0 saturated heterocycles. The van der Waals surface area contributed by atoms with E-state index in [1.165, 1.54) is 5.56 Å². The van der Waals surface area contributed by atoms with E-state index in [0.29, 0.717) is 40.5 Å². The highest BCUT2D eigenvalue weighted by Gasteiger charge is 2.02. The van der Waals surface area contributed by atoms with Crippen LogP contribution in [0.15, 0.2) is 79.3 Å². The lowest BCUT2D eigenvalue weighted by molar-refractivity contribution is 0.820. The summed E-state index contributed by atoms with van der Waals surface area (Å²) in [5.74, 6) is 1.73. The van der Waals surface area contributed by atoms with Crippen LogP contribution >= 0.6 is 0 Å². The molecule has 0 unspecified atom stereocenters. The van der Waals surface area contributed by atoms with Crippen molar-refractivity contribution in [3.05, 3.63) is 124 Å². The van der Waals surface area contributed by atoms with Gasteiger partial charge in [0, 0.05) is 30.0 Å². The van der Waals surface area contributed by atoms with Gasteiger partial charge in [-0.2, -0.15) is 21.0 Å². The Morgan fingerprint density at radius 2 is 0.817 bits per heavy atom. The summed E-state index contributed by atoms with van der Waals surface area (Å²) < 4.78 is 0. The maximum Gasteiger partial charge on any atom is 0.140 e. The molecule has 0 fully saturated rings. The van der Waals surface area contributed by atoms with Crippen LogP contribution in [0, 0.1) is 45.3 Å². The first-order valence-corrected chi connectivity index (χ1v) is 22.5. The van der Waals surface area contributed by atoms with Crippen LogP contribution in [0.1, 0.15) is 235 Å². The minimum absolute atomic E-state index is 0.392. The fourth-order valence-corrected chi connectivity index (χ4v) is 3.47. The fourth-order valence-electron chi connectivity index (χ4n) is 3.47. The molecule has 0 spiro atoms. The minimum Gasteiger partial charge on any atom is -0.263 e. The Balaban J connectivity index is -0.0000000898. The molecule has 0 aliphatic heterocycles. The maximum absolute atomic E-state index is 8.59. The summed E-state index contributed by atoms with van der Waals surface area (Å²) in [6, 6.07) is 26.9. The molecule has 60 heavy (non-hydrogen) atoms. The number of nitrogens with zero attached hydrogens (tertiary/aromatic N) is 7. The smallest absolute Gasteiger partial charge is 0.140 e. The zero-order valence-corrected chi connectivity index (χ0v) is 42.9. The Hall–Kier alpha value is -5.37. The van der Waals surface area contributed by atoms with Crippen molar-refractivity contribution < 1.29 is 0 Å². The third kappa shape index (κ3) is 40.8. The Bertz CT molecular complexity index is 1380. The third-order valence-electron chi connectivity index (χ3n) is 6.22. The Kier molecular flexibility index (Phi) is 69.8. The lowest BCUT2D eigenvalue weighted by Gasteiger charge is -2.03. The van der Waals surface area contributed by atoms with E-state index in [1.54, 1.807) is 30.7 Å². The summed E-state index contributed by atoms with van der Waals surface area (Å²) in [4.78, 5) is 12.2. The van der Waals surface area contributed by atoms with E-state index in [0.717, 1.165) is 22.5 Å². The number of hydrogen-bond acceptors (Lipinski definition) is 7. The Morgan fingerprint density at radius 3 is 1.22 bits per heavy atom. The lowest BCUT2D eigenvalue weighted by Crippen LogP contribution is -1.93. The molecule has 0 radical (unpaired) electrons. The number of pyridine rings is 3. The molecule has 0 amide bonds. The van der Waals surface area contributed by atoms with Crippen LogP contribution in [0.5, 0.6) is 0 Å². The first-order chi connectivity index (χ1) is 28.9. The second-order valence-electron chi connectivity index (χ2n) is 11.1. The average molecular weight is 824 g/mol. The molecule has 3 heterocycles. The minimum atomic E-state index is 0.392. The fraction of sp³-hybridized carbons (Fsp3) is 0.528. The van der Waals surface area contributed by atoms with Crippen LogP contribution in [-0.4, -0.2) is 15.0 Å². The second-order valence-corrected chi connectivity index (χ2v) is 11.1. The average Bonchev–Trinajstić information content (AvgIpc) is 3.34. The quantitative estimate of drug-likeness (QED) is 0.200. The van der Waals surface area contributed by atoms with Crippen molar-refractivity contribution in [2.45, 2.75) is 190 Å². The van der Waals surface area contributed by atoms with Gasteiger partial charge in [0.05, 0.1) is 28.8 Å². The SMILES string of the molecule is CC.CC.CC.CC.CC.CC.CC.CC.CC(C)c1cc(C#N)ccn1.CC(C)c1cccc(C#N)c1.CC(C)c1cccc(C#N)n1.CC(C)c1cncc(C#N)c1. The van der Waals surface area contributed by atoms with Crippen LogP contribution in [-0.2, 0) is 0 Å². The van der Waals surface area contributed by atoms with Gasteiger partial charge in [0.1, 0.15) is 17.8 Å². The molecule has 0 atom stereocenters. The zero-order valence-electron chi connectivity index (χ0n) is 42.9. The van der Waals surface area contributed by atoms with Gasteiger partial charge in [-0.15, -0.1) is 0 Å². The van der Waals surface area contributed by atoms with E-state index in [2.05, 4.69) is 88.5 Å². The first kappa shape index (κ1) is 72.3. The molecule has 0 saturated carbocycles. The highest BCUT2D eigenvalue weighted by molar-refractivity contribution is 5.34. The summed E-state index contributed by atoms with van der Waals surface area (Å²) in [5, 5.41) is 34.2. The molecule has 0 aliphatic rings. The van der Waals surface area contributed by atoms with Crippen molar-refractivity contribution in [3.63, 3.8) is 0 Å². The Morgan fingerprint density at radius 1 is 0.400 bits per heavy atom. The molecular formula is C53H89N7. The third-order valence-corrected chi connectivity index (χ3v) is 6.22. The van der Waals surface area contributed by atoms with E-state index in [4.69, 9.17) is 21.0 Å². The van der Waals surface area contributed by atoms with Gasteiger partial charge in [0.25, 0.3) is 0 Å². The maximum atomic E-state index is 8.59. The van der Waals surface area contributed by atoms with E-state index in [1.807, 2.05) is 165 Å². The van der Waals surface area contributed by atoms with Crippen molar-refractivity contribution in [1.82, 2.24) is 15.0 Å². The normalized spacial score (nSPS) is 7.87. The summed E-state index contributed by atoms with van der Waals surface area (Å²) in [5.41, 5.74) is 6.86. The zero-order chi connectivity index (χ0) is 49.1. The van der Waals surface area contributed by atoms with Gasteiger partial charge in [-0.3, -0.25) is 9.97 Å². The molecule has 7 nitrogen and oxygen atoms in total. The van der Waals surface area contributed by atoms with Crippen LogP contribution in [0.3, 0.4) is 0 Å². The summed E-state index contributed by atoms with van der Waals surface area (Å²) in [7, 11) is 0. The van der Waals surface area contributed by atoms with Gasteiger partial charge >= 0.3 is 0 Å². The molecule has 0 aliphatic carbocycles. The second kappa shape index (κ2) is 58.0. The molecule has 0 bridgehead atoms. The number of nitriles is 4. The van der Waals surface area contributed by atoms with E-state index >= 15 is 0 Å². The largest absolute Gasteiger partial charge is 0.263 e. The number of aromatic nitrogens is 3. The lowest BCUT2D eigenvalue weighted by atomic mass is 10.0. The van der Waals surface area contributed by atoms with Gasteiger partial charge in [0.2, 0.25) is 0 Å². The predicted octanol–water partition coefficient (Wildman–Crippen LogP) is 17.1. The van der Waals surface area contributed by atoms with Crippen LogP contribution in [0.4, 0.5) is 0 Å². The van der Waals surface area contributed by atoms with Gasteiger partial charge in [0.15, 0.2) is 0 Å². The highest BCUT2D eigenvalue weighted by atomic mass is 14.7. The molecular weight excluding hydrogens is 735 g/mol. The molecule has 4 aromatic rings. The first-order valence-electron chi connectivity index (χ1n) is 22.5. The van der Waals surface area contributed by atoms with Gasteiger partial charge in [-0.25, -0.2) is 4.98 Å². The highest BCUT2D eigenvalue weighted by Crippen LogP contribution is 2.15. The van der Waals surface area contributed by atoms with Crippen molar-refractivity contribution in [2.24, 2.45) is 0 Å². The predicted molar refractivity (Wildman–Crippen MR) is 265 cm³/mol. The molecule has 0 N–H and O–H groups in total. The molecule has 336 valence electrons.